The molecule has 0 amide bonds. The van der Waals surface area contributed by atoms with Crippen molar-refractivity contribution in [2.75, 3.05) is 24.6 Å². The van der Waals surface area contributed by atoms with Gasteiger partial charge in [-0.25, -0.2) is 0 Å². The first kappa shape index (κ1) is 43.5. The van der Waals surface area contributed by atoms with Gasteiger partial charge >= 0.3 is 0 Å². The molecule has 0 radical (unpaired) electrons. The van der Waals surface area contributed by atoms with Crippen LogP contribution in [-0.4, -0.2) is 24.6 Å². The van der Waals surface area contributed by atoms with E-state index < -0.39 is 7.26 Å². The molecular formula is C16H42F6P+. The third-order valence-corrected chi connectivity index (χ3v) is 9.00. The van der Waals surface area contributed by atoms with E-state index in [1.807, 2.05) is 0 Å². The zero-order chi connectivity index (χ0) is 13.0. The molecule has 0 saturated heterocycles. The van der Waals surface area contributed by atoms with E-state index in [4.69, 9.17) is 0 Å². The van der Waals surface area contributed by atoms with E-state index in [1.165, 1.54) is 51.4 Å². The summed E-state index contributed by atoms with van der Waals surface area (Å²) >= 11 is 0. The third kappa shape index (κ3) is 22.0. The van der Waals surface area contributed by atoms with Crippen molar-refractivity contribution >= 4 is 7.26 Å². The van der Waals surface area contributed by atoms with Gasteiger partial charge in [-0.3, -0.25) is 28.2 Å². The van der Waals surface area contributed by atoms with E-state index in [-0.39, 0.29) is 28.2 Å². The lowest BCUT2D eigenvalue weighted by molar-refractivity contribution is 0.814. The number of hydrogen-bond acceptors (Lipinski definition) is 0. The summed E-state index contributed by atoms with van der Waals surface area (Å²) in [6, 6.07) is 0. The molecule has 0 heterocycles. The lowest BCUT2D eigenvalue weighted by Gasteiger charge is -2.28. The average Bonchev–Trinajstić information content (AvgIpc) is 2.37. The maximum absolute atomic E-state index is 2.36. The minimum absolute atomic E-state index is 0. The van der Waals surface area contributed by atoms with Crippen LogP contribution in [0, 0.1) is 0 Å². The summed E-state index contributed by atoms with van der Waals surface area (Å²) < 4.78 is 0. The number of unbranched alkanes of at least 4 members (excludes halogenated alkanes) is 4. The molecule has 0 fully saturated rings. The summed E-state index contributed by atoms with van der Waals surface area (Å²) in [5, 5.41) is 0. The van der Waals surface area contributed by atoms with Crippen LogP contribution in [0.1, 0.15) is 79.1 Å². The highest BCUT2D eigenvalue weighted by Gasteiger charge is 2.34. The van der Waals surface area contributed by atoms with E-state index in [1.54, 1.807) is 24.6 Å². The maximum Gasteiger partial charge on any atom is 0.0594 e. The van der Waals surface area contributed by atoms with Gasteiger partial charge in [0.2, 0.25) is 0 Å². The van der Waals surface area contributed by atoms with E-state index >= 15 is 0 Å². The predicted molar refractivity (Wildman–Crippen MR) is 101 cm³/mol. The van der Waals surface area contributed by atoms with Gasteiger partial charge in [0.05, 0.1) is 24.6 Å². The van der Waals surface area contributed by atoms with E-state index in [0.717, 1.165) is 0 Å². The largest absolute Gasteiger partial charge is 0.269 e. The molecule has 0 unspecified atom stereocenters. The summed E-state index contributed by atoms with van der Waals surface area (Å²) in [5.41, 5.74) is 0. The van der Waals surface area contributed by atoms with Crippen molar-refractivity contribution in [1.82, 2.24) is 0 Å². The Bertz CT molecular complexity index is 135. The highest BCUT2D eigenvalue weighted by Crippen LogP contribution is 2.61. The Kier molecular flexibility index (Phi) is 56.6. The molecule has 0 aliphatic carbocycles. The average molecular weight is 379 g/mol. The van der Waals surface area contributed by atoms with Crippen LogP contribution in [0.4, 0.5) is 28.2 Å². The quantitative estimate of drug-likeness (QED) is 0.250. The molecule has 0 aliphatic rings. The SMILES string of the molecule is CCCC[P+](CCCC)(CCCC)CCCC.F.F.F.F.F.F. The van der Waals surface area contributed by atoms with Gasteiger partial charge in [-0.1, -0.05) is 53.4 Å². The fourth-order valence-corrected chi connectivity index (χ4v) is 7.93. The van der Waals surface area contributed by atoms with E-state index in [9.17, 15) is 0 Å². The zero-order valence-electron chi connectivity index (χ0n) is 15.4. The van der Waals surface area contributed by atoms with Crippen LogP contribution in [0.3, 0.4) is 0 Å². The monoisotopic (exact) mass is 379 g/mol. The Morgan fingerprint density at radius 3 is 0.696 bits per heavy atom. The Morgan fingerprint density at radius 1 is 0.391 bits per heavy atom. The van der Waals surface area contributed by atoms with Crippen LogP contribution in [0.25, 0.3) is 0 Å². The highest BCUT2D eigenvalue weighted by atomic mass is 31.2. The maximum atomic E-state index is 2.36. The van der Waals surface area contributed by atoms with Gasteiger partial charge < -0.3 is 0 Å². The molecule has 0 saturated carbocycles. The Hall–Kier alpha value is 0.01000. The lowest BCUT2D eigenvalue weighted by Crippen LogP contribution is -2.12. The van der Waals surface area contributed by atoms with Gasteiger partial charge in [-0.05, 0) is 25.7 Å². The van der Waals surface area contributed by atoms with Crippen LogP contribution in [0.2, 0.25) is 0 Å². The van der Waals surface area contributed by atoms with Crippen LogP contribution >= 0.6 is 7.26 Å². The third-order valence-electron chi connectivity index (χ3n) is 3.94. The minimum atomic E-state index is -0.562. The van der Waals surface area contributed by atoms with Gasteiger partial charge in [0, 0.05) is 7.26 Å². The van der Waals surface area contributed by atoms with Gasteiger partial charge in [-0.15, -0.1) is 0 Å². The molecule has 0 aromatic heterocycles. The molecule has 0 spiro atoms. The molecule has 0 rings (SSSR count). The van der Waals surface area contributed by atoms with Gasteiger partial charge in [-0.2, -0.15) is 0 Å². The van der Waals surface area contributed by atoms with Crippen LogP contribution in [0.15, 0.2) is 0 Å². The molecule has 0 aromatic carbocycles. The first-order valence-corrected chi connectivity index (χ1v) is 10.6. The van der Waals surface area contributed by atoms with Crippen molar-refractivity contribution in [2.24, 2.45) is 0 Å². The Morgan fingerprint density at radius 2 is 0.565 bits per heavy atom. The lowest BCUT2D eigenvalue weighted by atomic mass is 10.4. The molecule has 0 N–H and O–H groups in total. The second-order valence-electron chi connectivity index (χ2n) is 5.65. The molecule has 0 nitrogen and oxygen atoms in total. The van der Waals surface area contributed by atoms with Crippen molar-refractivity contribution < 1.29 is 28.2 Å². The topological polar surface area (TPSA) is 0 Å². The summed E-state index contributed by atoms with van der Waals surface area (Å²) in [6.45, 7) is 9.42. The fourth-order valence-electron chi connectivity index (χ4n) is 2.64. The first-order valence-electron chi connectivity index (χ1n) is 8.09. The van der Waals surface area contributed by atoms with Crippen molar-refractivity contribution in [2.45, 2.75) is 79.1 Å². The number of hydrogen-bond donors (Lipinski definition) is 0. The fraction of sp³-hybridized carbons (Fsp3) is 1.00. The summed E-state index contributed by atoms with van der Waals surface area (Å²) in [4.78, 5) is 0. The van der Waals surface area contributed by atoms with E-state index in [0.29, 0.717) is 0 Å². The highest BCUT2D eigenvalue weighted by molar-refractivity contribution is 7.75. The molecule has 0 atom stereocenters. The van der Waals surface area contributed by atoms with Crippen molar-refractivity contribution in [3.05, 3.63) is 0 Å². The Labute approximate surface area is 140 Å². The van der Waals surface area contributed by atoms with Crippen molar-refractivity contribution in [3.63, 3.8) is 0 Å². The predicted octanol–water partition coefficient (Wildman–Crippen LogP) is 7.12. The zero-order valence-corrected chi connectivity index (χ0v) is 16.3. The second kappa shape index (κ2) is 30.0. The smallest absolute Gasteiger partial charge is 0.0594 e. The normalized spacial score (nSPS) is 8.87. The number of rotatable bonds is 12. The molecular weight excluding hydrogens is 337 g/mol. The van der Waals surface area contributed by atoms with Crippen molar-refractivity contribution in [1.29, 1.82) is 0 Å². The Balaban J connectivity index is -0.0000000853. The van der Waals surface area contributed by atoms with Gasteiger partial charge in [0.1, 0.15) is 0 Å². The molecule has 7 heteroatoms. The molecule has 0 aromatic rings. The summed E-state index contributed by atoms with van der Waals surface area (Å²) in [7, 11) is -0.562. The van der Waals surface area contributed by atoms with Gasteiger partial charge in [0.25, 0.3) is 0 Å². The summed E-state index contributed by atoms with van der Waals surface area (Å²) in [5.74, 6) is 0. The molecule has 152 valence electrons. The van der Waals surface area contributed by atoms with Crippen LogP contribution in [-0.2, 0) is 0 Å². The second-order valence-corrected chi connectivity index (χ2v) is 10.1. The summed E-state index contributed by atoms with van der Waals surface area (Å²) in [6.07, 6.45) is 17.9. The molecule has 23 heavy (non-hydrogen) atoms. The number of halogens is 6. The van der Waals surface area contributed by atoms with E-state index in [2.05, 4.69) is 27.7 Å². The van der Waals surface area contributed by atoms with Crippen molar-refractivity contribution in [3.8, 4) is 0 Å². The standard InChI is InChI=1S/C16H36P.6FH/c1-5-9-13-17(14-10-6-2,15-11-7-3)16-12-8-4;;;;;;/h5-16H2,1-4H3;6*1H/q+1;;;;;;. The van der Waals surface area contributed by atoms with Crippen LogP contribution in [0.5, 0.6) is 0 Å². The molecule has 0 aliphatic heterocycles. The van der Waals surface area contributed by atoms with Crippen LogP contribution < -0.4 is 0 Å². The first-order chi connectivity index (χ1) is 8.24. The minimum Gasteiger partial charge on any atom is -0.269 e. The molecule has 0 bridgehead atoms. The van der Waals surface area contributed by atoms with Gasteiger partial charge in [0.15, 0.2) is 0 Å².